The average molecular weight is 381 g/mol. The fourth-order valence-electron chi connectivity index (χ4n) is 2.82. The van der Waals surface area contributed by atoms with Crippen molar-refractivity contribution in [2.45, 2.75) is 26.2 Å². The molecule has 1 aromatic heterocycles. The number of nitrogens with zero attached hydrogens (tertiary/aromatic N) is 2. The number of hydrogen-bond donors (Lipinski definition) is 2. The molecular weight excluding hydrogens is 355 g/mol. The zero-order valence-electron chi connectivity index (χ0n) is 13.4. The Labute approximate surface area is 154 Å². The second-order valence-corrected chi connectivity index (χ2v) is 6.90. The van der Waals surface area contributed by atoms with Crippen LogP contribution in [0.25, 0.3) is 0 Å². The van der Waals surface area contributed by atoms with Gasteiger partial charge in [0, 0.05) is 37.4 Å². The van der Waals surface area contributed by atoms with Crippen LogP contribution in [-0.4, -0.2) is 43.6 Å². The number of rotatable bonds is 6. The van der Waals surface area contributed by atoms with Crippen LogP contribution in [-0.2, 0) is 11.2 Å². The van der Waals surface area contributed by atoms with Crippen molar-refractivity contribution in [2.24, 2.45) is 11.8 Å². The van der Waals surface area contributed by atoms with Gasteiger partial charge in [0.2, 0.25) is 5.91 Å². The molecule has 1 amide bonds. The Morgan fingerprint density at radius 2 is 2.13 bits per heavy atom. The maximum absolute atomic E-state index is 12.0. The summed E-state index contributed by atoms with van der Waals surface area (Å²) in [4.78, 5) is 19.1. The van der Waals surface area contributed by atoms with Crippen LogP contribution >= 0.6 is 36.2 Å². The second-order valence-electron chi connectivity index (χ2n) is 6.06. The SMILES string of the molecule is CC(C(=O)NCCc1csc(N2CCCC2)n1)C1CNC1.Cl.Cl. The van der Waals surface area contributed by atoms with E-state index >= 15 is 0 Å². The van der Waals surface area contributed by atoms with E-state index in [-0.39, 0.29) is 36.6 Å². The first-order valence-corrected chi connectivity index (χ1v) is 8.80. The van der Waals surface area contributed by atoms with Gasteiger partial charge >= 0.3 is 0 Å². The number of aromatic nitrogens is 1. The molecule has 2 fully saturated rings. The molecule has 2 aliphatic rings. The third-order valence-corrected chi connectivity index (χ3v) is 5.48. The first-order valence-electron chi connectivity index (χ1n) is 7.92. The first-order chi connectivity index (χ1) is 10.2. The summed E-state index contributed by atoms with van der Waals surface area (Å²) >= 11 is 1.72. The van der Waals surface area contributed by atoms with Gasteiger partial charge in [0.15, 0.2) is 5.13 Å². The summed E-state index contributed by atoms with van der Waals surface area (Å²) in [6.07, 6.45) is 3.38. The minimum absolute atomic E-state index is 0. The summed E-state index contributed by atoms with van der Waals surface area (Å²) in [5.41, 5.74) is 1.10. The number of carbonyl (C=O) groups is 1. The molecule has 0 radical (unpaired) electrons. The van der Waals surface area contributed by atoms with Crippen molar-refractivity contribution in [3.63, 3.8) is 0 Å². The molecule has 2 saturated heterocycles. The van der Waals surface area contributed by atoms with Gasteiger partial charge in [-0.15, -0.1) is 36.2 Å². The fourth-order valence-corrected chi connectivity index (χ4v) is 3.73. The van der Waals surface area contributed by atoms with Crippen LogP contribution in [0.2, 0.25) is 0 Å². The monoisotopic (exact) mass is 380 g/mol. The highest BCUT2D eigenvalue weighted by Crippen LogP contribution is 2.24. The fraction of sp³-hybridized carbons (Fsp3) is 0.733. The van der Waals surface area contributed by atoms with Gasteiger partial charge in [0.25, 0.3) is 0 Å². The van der Waals surface area contributed by atoms with Crippen molar-refractivity contribution in [2.75, 3.05) is 37.6 Å². The number of hydrogen-bond acceptors (Lipinski definition) is 5. The summed E-state index contributed by atoms with van der Waals surface area (Å²) in [6, 6.07) is 0. The molecule has 1 unspecified atom stereocenters. The van der Waals surface area contributed by atoms with E-state index in [1.807, 2.05) is 6.92 Å². The Morgan fingerprint density at radius 3 is 2.74 bits per heavy atom. The number of thiazole rings is 1. The lowest BCUT2D eigenvalue weighted by Crippen LogP contribution is -2.49. The Hall–Kier alpha value is -0.560. The summed E-state index contributed by atoms with van der Waals surface area (Å²) < 4.78 is 0. The molecular formula is C15H26Cl2N4OS. The van der Waals surface area contributed by atoms with Crippen molar-refractivity contribution < 1.29 is 4.79 Å². The van der Waals surface area contributed by atoms with E-state index < -0.39 is 0 Å². The third kappa shape index (κ3) is 5.21. The van der Waals surface area contributed by atoms with Gasteiger partial charge in [-0.05, 0) is 31.8 Å². The van der Waals surface area contributed by atoms with Crippen molar-refractivity contribution >= 4 is 47.2 Å². The molecule has 5 nitrogen and oxygen atoms in total. The molecule has 0 aromatic carbocycles. The lowest BCUT2D eigenvalue weighted by atomic mass is 9.88. The van der Waals surface area contributed by atoms with E-state index in [4.69, 9.17) is 0 Å². The van der Waals surface area contributed by atoms with Crippen molar-refractivity contribution in [3.05, 3.63) is 11.1 Å². The molecule has 0 aliphatic carbocycles. The van der Waals surface area contributed by atoms with Crippen LogP contribution in [0.15, 0.2) is 5.38 Å². The number of carbonyl (C=O) groups excluding carboxylic acids is 1. The van der Waals surface area contributed by atoms with Gasteiger partial charge in [-0.3, -0.25) is 4.79 Å². The molecule has 2 N–H and O–H groups in total. The van der Waals surface area contributed by atoms with Crippen LogP contribution in [0.4, 0.5) is 5.13 Å². The van der Waals surface area contributed by atoms with Crippen LogP contribution in [0.1, 0.15) is 25.5 Å². The highest BCUT2D eigenvalue weighted by Gasteiger charge is 2.28. The molecule has 23 heavy (non-hydrogen) atoms. The van der Waals surface area contributed by atoms with E-state index in [1.54, 1.807) is 11.3 Å². The zero-order valence-corrected chi connectivity index (χ0v) is 15.9. The molecule has 3 heterocycles. The maximum Gasteiger partial charge on any atom is 0.223 e. The lowest BCUT2D eigenvalue weighted by molar-refractivity contribution is -0.126. The van der Waals surface area contributed by atoms with Crippen LogP contribution in [0, 0.1) is 11.8 Å². The Morgan fingerprint density at radius 1 is 1.43 bits per heavy atom. The number of amides is 1. The van der Waals surface area contributed by atoms with Crippen molar-refractivity contribution in [1.82, 2.24) is 15.6 Å². The molecule has 0 spiro atoms. The topological polar surface area (TPSA) is 57.3 Å². The Balaban J connectivity index is 0.00000132. The molecule has 0 bridgehead atoms. The highest BCUT2D eigenvalue weighted by atomic mass is 35.5. The van der Waals surface area contributed by atoms with Crippen LogP contribution < -0.4 is 15.5 Å². The van der Waals surface area contributed by atoms with Crippen LogP contribution in [0.3, 0.4) is 0 Å². The number of anilines is 1. The Kier molecular flexibility index (Phi) is 8.61. The normalized spacial score (nSPS) is 18.6. The standard InChI is InChI=1S/C15H24N4OS.2ClH/c1-11(12-8-16-9-12)14(20)17-5-4-13-10-21-15(18-13)19-6-2-3-7-19;;/h10-12,16H,2-9H2,1H3,(H,17,20);2*1H. The van der Waals surface area contributed by atoms with Crippen LogP contribution in [0.5, 0.6) is 0 Å². The van der Waals surface area contributed by atoms with E-state index in [9.17, 15) is 4.79 Å². The molecule has 2 aliphatic heterocycles. The minimum Gasteiger partial charge on any atom is -0.355 e. The highest BCUT2D eigenvalue weighted by molar-refractivity contribution is 7.13. The van der Waals surface area contributed by atoms with Crippen molar-refractivity contribution in [3.8, 4) is 0 Å². The average Bonchev–Trinajstić information content (AvgIpc) is 3.07. The molecule has 0 saturated carbocycles. The van der Waals surface area contributed by atoms with Gasteiger partial charge in [-0.2, -0.15) is 0 Å². The second kappa shape index (κ2) is 9.67. The molecule has 8 heteroatoms. The summed E-state index contributed by atoms with van der Waals surface area (Å²) in [5.74, 6) is 0.796. The van der Waals surface area contributed by atoms with Gasteiger partial charge in [-0.25, -0.2) is 4.98 Å². The summed E-state index contributed by atoms with van der Waals surface area (Å²) in [5, 5.41) is 9.52. The number of nitrogens with one attached hydrogen (secondary N) is 2. The van der Waals surface area contributed by atoms with Gasteiger partial charge < -0.3 is 15.5 Å². The summed E-state index contributed by atoms with van der Waals surface area (Å²) in [6.45, 7) is 6.93. The quantitative estimate of drug-likeness (QED) is 0.793. The van der Waals surface area contributed by atoms with Gasteiger partial charge in [-0.1, -0.05) is 6.92 Å². The van der Waals surface area contributed by atoms with Gasteiger partial charge in [0.05, 0.1) is 5.69 Å². The third-order valence-electron chi connectivity index (χ3n) is 4.53. The minimum atomic E-state index is 0. The van der Waals surface area contributed by atoms with Gasteiger partial charge in [0.1, 0.15) is 0 Å². The predicted molar refractivity (Wildman–Crippen MR) is 100 cm³/mol. The van der Waals surface area contributed by atoms with Crippen molar-refractivity contribution in [1.29, 1.82) is 0 Å². The lowest BCUT2D eigenvalue weighted by Gasteiger charge is -2.31. The molecule has 1 aromatic rings. The first kappa shape index (κ1) is 20.5. The smallest absolute Gasteiger partial charge is 0.223 e. The Bertz CT molecular complexity index is 490. The summed E-state index contributed by atoms with van der Waals surface area (Å²) in [7, 11) is 0. The van der Waals surface area contributed by atoms with E-state index in [2.05, 4.69) is 25.9 Å². The largest absolute Gasteiger partial charge is 0.355 e. The van der Waals surface area contributed by atoms with E-state index in [0.717, 1.165) is 43.4 Å². The zero-order chi connectivity index (χ0) is 14.7. The predicted octanol–water partition coefficient (Wildman–Crippen LogP) is 2.10. The van der Waals surface area contributed by atoms with E-state index in [0.29, 0.717) is 12.5 Å². The van der Waals surface area contributed by atoms with E-state index in [1.165, 1.54) is 12.8 Å². The number of halogens is 2. The molecule has 132 valence electrons. The molecule has 1 atom stereocenters. The maximum atomic E-state index is 12.0. The molecule has 3 rings (SSSR count).